The lowest BCUT2D eigenvalue weighted by Crippen LogP contribution is -2.37. The first kappa shape index (κ1) is 22.5. The van der Waals surface area contributed by atoms with Crippen LogP contribution in [0.3, 0.4) is 0 Å². The minimum absolute atomic E-state index is 0.0349. The van der Waals surface area contributed by atoms with Gasteiger partial charge in [-0.2, -0.15) is 21.6 Å². The number of alkyl halides is 3. The van der Waals surface area contributed by atoms with Crippen molar-refractivity contribution in [2.45, 2.75) is 83.8 Å². The maximum Gasteiger partial charge on any atom is 0.534 e. The van der Waals surface area contributed by atoms with Gasteiger partial charge in [-0.25, -0.2) is 0 Å². The summed E-state index contributed by atoms with van der Waals surface area (Å²) < 4.78 is 65.6. The normalized spacial score (nSPS) is 30.6. The second-order valence-electron chi connectivity index (χ2n) is 9.05. The van der Waals surface area contributed by atoms with Crippen LogP contribution in [0.4, 0.5) is 13.2 Å². The van der Waals surface area contributed by atoms with E-state index in [0.29, 0.717) is 31.1 Å². The molecule has 158 valence electrons. The molecule has 4 nitrogen and oxygen atoms in total. The van der Waals surface area contributed by atoms with Gasteiger partial charge in [-0.05, 0) is 69.3 Å². The summed E-state index contributed by atoms with van der Waals surface area (Å²) in [5.74, 6) is 0.309. The summed E-state index contributed by atoms with van der Waals surface area (Å²) in [7, 11) is -5.63. The third-order valence-electron chi connectivity index (χ3n) is 6.41. The number of rotatable bonds is 7. The summed E-state index contributed by atoms with van der Waals surface area (Å²) >= 11 is 0. The van der Waals surface area contributed by atoms with Gasteiger partial charge < -0.3 is 9.29 Å². The molecule has 2 rings (SSSR count). The topological polar surface area (TPSA) is 63.6 Å². The molecule has 0 aromatic rings. The van der Waals surface area contributed by atoms with Crippen LogP contribution in [-0.4, -0.2) is 24.6 Å². The molecule has 8 heteroatoms. The molecule has 2 aliphatic carbocycles. The van der Waals surface area contributed by atoms with Crippen LogP contribution >= 0.6 is 0 Å². The van der Waals surface area contributed by atoms with Gasteiger partial charge in [0.1, 0.15) is 5.76 Å². The van der Waals surface area contributed by atoms with E-state index >= 15 is 0 Å². The van der Waals surface area contributed by atoms with E-state index in [0.717, 1.165) is 25.7 Å². The van der Waals surface area contributed by atoms with Crippen molar-refractivity contribution in [2.24, 2.45) is 23.2 Å². The highest BCUT2D eigenvalue weighted by molar-refractivity contribution is 7.87. The molecule has 1 saturated carbocycles. The van der Waals surface area contributed by atoms with Crippen LogP contribution < -0.4 is 0 Å². The minimum atomic E-state index is -5.63. The third-order valence-corrected chi connectivity index (χ3v) is 7.38. The van der Waals surface area contributed by atoms with E-state index in [4.69, 9.17) is 0 Å². The monoisotopic (exact) mass is 412 g/mol. The fourth-order valence-corrected chi connectivity index (χ4v) is 5.55. The van der Waals surface area contributed by atoms with Crippen molar-refractivity contribution in [1.82, 2.24) is 0 Å². The van der Waals surface area contributed by atoms with Gasteiger partial charge in [-0.3, -0.25) is 0 Å². The molecule has 0 heterocycles. The summed E-state index contributed by atoms with van der Waals surface area (Å²) in [5.41, 5.74) is -6.38. The van der Waals surface area contributed by atoms with E-state index in [1.54, 1.807) is 13.8 Å². The van der Waals surface area contributed by atoms with Crippen molar-refractivity contribution in [3.63, 3.8) is 0 Å². The quantitative estimate of drug-likeness (QED) is 0.464. The Bertz CT molecular complexity index is 663. The Morgan fingerprint density at radius 2 is 1.96 bits per heavy atom. The third kappa shape index (κ3) is 5.00. The number of hydrogen-bond donors (Lipinski definition) is 1. The zero-order valence-corrected chi connectivity index (χ0v) is 17.3. The summed E-state index contributed by atoms with van der Waals surface area (Å²) in [4.78, 5) is 0. The van der Waals surface area contributed by atoms with Gasteiger partial charge in [-0.15, -0.1) is 0 Å². The molecule has 0 bridgehead atoms. The molecule has 0 radical (unpaired) electrons. The van der Waals surface area contributed by atoms with E-state index < -0.39 is 21.2 Å². The molecule has 0 spiro atoms. The molecule has 0 saturated heterocycles. The molecule has 2 aliphatic rings. The molecule has 0 amide bonds. The maximum absolute atomic E-state index is 12.7. The highest BCUT2D eigenvalue weighted by Gasteiger charge is 2.54. The smallest absolute Gasteiger partial charge is 0.390 e. The Morgan fingerprint density at radius 1 is 1.33 bits per heavy atom. The van der Waals surface area contributed by atoms with Gasteiger partial charge in [0.25, 0.3) is 0 Å². The fourth-order valence-electron chi connectivity index (χ4n) is 5.02. The lowest BCUT2D eigenvalue weighted by molar-refractivity contribution is -0.0536. The van der Waals surface area contributed by atoms with Gasteiger partial charge in [0, 0.05) is 5.92 Å². The number of allylic oxidation sites excluding steroid dienone is 2. The Kier molecular flexibility index (Phi) is 6.32. The summed E-state index contributed by atoms with van der Waals surface area (Å²) in [6.07, 6.45) is 6.83. The second-order valence-corrected chi connectivity index (χ2v) is 10.6. The predicted octanol–water partition coefficient (Wildman–Crippen LogP) is 5.14. The van der Waals surface area contributed by atoms with Gasteiger partial charge in [0.2, 0.25) is 0 Å². The lowest BCUT2D eigenvalue weighted by atomic mass is 9.63. The Labute approximate surface area is 160 Å². The first-order valence-corrected chi connectivity index (χ1v) is 11.0. The van der Waals surface area contributed by atoms with Crippen LogP contribution in [0, 0.1) is 23.2 Å². The zero-order chi connectivity index (χ0) is 20.7. The molecule has 0 aliphatic heterocycles. The Balaban J connectivity index is 2.09. The fraction of sp³-hybridized carbons (Fsp3) is 0.895. The molecule has 4 atom stereocenters. The molecule has 1 unspecified atom stereocenters. The largest absolute Gasteiger partial charge is 0.534 e. The van der Waals surface area contributed by atoms with Crippen molar-refractivity contribution < 1.29 is 30.9 Å². The van der Waals surface area contributed by atoms with Gasteiger partial charge in [-0.1, -0.05) is 26.7 Å². The SMILES string of the molecule is C[C@H](CCCC(C)(C)O)[C@H]1CCC2C(OS(=O)(=O)C(F)(F)F)=CCC[C@@]21C. The van der Waals surface area contributed by atoms with Crippen molar-refractivity contribution in [3.8, 4) is 0 Å². The maximum atomic E-state index is 12.7. The van der Waals surface area contributed by atoms with E-state index in [-0.39, 0.29) is 17.1 Å². The van der Waals surface area contributed by atoms with Crippen molar-refractivity contribution >= 4 is 10.1 Å². The number of hydrogen-bond acceptors (Lipinski definition) is 4. The van der Waals surface area contributed by atoms with Crippen LogP contribution in [0.5, 0.6) is 0 Å². The van der Waals surface area contributed by atoms with Crippen LogP contribution in [-0.2, 0) is 14.3 Å². The van der Waals surface area contributed by atoms with Crippen molar-refractivity contribution in [2.75, 3.05) is 0 Å². The van der Waals surface area contributed by atoms with Gasteiger partial charge >= 0.3 is 15.6 Å². The Hall–Kier alpha value is -0.760. The van der Waals surface area contributed by atoms with E-state index in [2.05, 4.69) is 18.0 Å². The summed E-state index contributed by atoms with van der Waals surface area (Å²) in [6.45, 7) is 7.76. The number of fused-ring (bicyclic) bond motifs is 1. The standard InChI is InChI=1S/C19H31F3O4S/c1-13(7-5-11-17(2,3)23)14-9-10-15-16(8-6-12-18(14,15)4)26-27(24,25)19(20,21)22/h8,13-15,23H,5-7,9-12H2,1-4H3/t13-,14-,15?,18-/m1/s1. The first-order valence-electron chi connectivity index (χ1n) is 9.60. The predicted molar refractivity (Wildman–Crippen MR) is 97.0 cm³/mol. The number of halogens is 3. The van der Waals surface area contributed by atoms with Crippen LogP contribution in [0.2, 0.25) is 0 Å². The summed E-state index contributed by atoms with van der Waals surface area (Å²) in [6, 6.07) is 0. The van der Waals surface area contributed by atoms with Crippen molar-refractivity contribution in [3.05, 3.63) is 11.8 Å². The van der Waals surface area contributed by atoms with E-state index in [9.17, 15) is 26.7 Å². The van der Waals surface area contributed by atoms with Crippen LogP contribution in [0.15, 0.2) is 11.8 Å². The molecule has 27 heavy (non-hydrogen) atoms. The highest BCUT2D eigenvalue weighted by Crippen LogP contribution is 2.59. The van der Waals surface area contributed by atoms with Gasteiger partial charge in [0.05, 0.1) is 5.60 Å². The molecular weight excluding hydrogens is 381 g/mol. The molecule has 0 aromatic carbocycles. The van der Waals surface area contributed by atoms with Crippen LogP contribution in [0.25, 0.3) is 0 Å². The summed E-state index contributed by atoms with van der Waals surface area (Å²) in [5, 5.41) is 9.87. The lowest BCUT2D eigenvalue weighted by Gasteiger charge is -2.42. The highest BCUT2D eigenvalue weighted by atomic mass is 32.2. The molecule has 1 fully saturated rings. The molecule has 0 aromatic heterocycles. The van der Waals surface area contributed by atoms with Crippen LogP contribution in [0.1, 0.15) is 72.6 Å². The van der Waals surface area contributed by atoms with E-state index in [1.807, 2.05) is 0 Å². The average molecular weight is 413 g/mol. The Morgan fingerprint density at radius 3 is 2.52 bits per heavy atom. The van der Waals surface area contributed by atoms with Crippen molar-refractivity contribution in [1.29, 1.82) is 0 Å². The second kappa shape index (κ2) is 7.58. The van der Waals surface area contributed by atoms with E-state index in [1.165, 1.54) is 6.08 Å². The molecule has 1 N–H and O–H groups in total. The first-order chi connectivity index (χ1) is 12.2. The number of aliphatic hydroxyl groups is 1. The molecular formula is C19H31F3O4S. The minimum Gasteiger partial charge on any atom is -0.390 e. The average Bonchev–Trinajstić information content (AvgIpc) is 2.82. The van der Waals surface area contributed by atoms with Gasteiger partial charge in [0.15, 0.2) is 0 Å². The zero-order valence-electron chi connectivity index (χ0n) is 16.5.